The molecule has 1 aromatic heterocycles. The topological polar surface area (TPSA) is 102 Å². The van der Waals surface area contributed by atoms with Crippen LogP contribution in [0.1, 0.15) is 104 Å². The van der Waals surface area contributed by atoms with Crippen molar-refractivity contribution in [2.45, 2.75) is 102 Å². The smallest absolute Gasteiger partial charge is 0.307 e. The predicted molar refractivity (Wildman–Crippen MR) is 139 cm³/mol. The third-order valence-electron chi connectivity index (χ3n) is 8.63. The summed E-state index contributed by atoms with van der Waals surface area (Å²) < 4.78 is 12.1. The summed E-state index contributed by atoms with van der Waals surface area (Å²) >= 11 is 0. The van der Waals surface area contributed by atoms with Gasteiger partial charge in [0, 0.05) is 6.54 Å². The Hall–Kier alpha value is -2.67. The number of benzene rings is 1. The Balaban J connectivity index is 1.13. The number of hydrogen-bond acceptors (Lipinski definition) is 5. The maximum absolute atomic E-state index is 12.7. The van der Waals surface area contributed by atoms with Gasteiger partial charge in [-0.1, -0.05) is 69.2 Å². The number of carbonyl (C=O) groups is 2. The monoisotopic (exact) mass is 508 g/mol. The van der Waals surface area contributed by atoms with Crippen molar-refractivity contribution < 1.29 is 23.8 Å². The van der Waals surface area contributed by atoms with Crippen LogP contribution >= 0.6 is 0 Å². The van der Waals surface area contributed by atoms with Crippen LogP contribution in [0.15, 0.2) is 34.9 Å². The number of carboxylic acid groups (broad SMARTS) is 1. The molecule has 0 spiro atoms. The highest BCUT2D eigenvalue weighted by Crippen LogP contribution is 2.50. The Morgan fingerprint density at radius 3 is 2.65 bits per heavy atom. The number of unbranched alkanes of at least 4 members (excludes halogenated alkanes) is 1. The van der Waals surface area contributed by atoms with E-state index in [1.807, 2.05) is 18.2 Å². The quantitative estimate of drug-likeness (QED) is 0.358. The summed E-state index contributed by atoms with van der Waals surface area (Å²) in [6.07, 6.45) is 15.9. The zero-order valence-electron chi connectivity index (χ0n) is 21.7. The lowest BCUT2D eigenvalue weighted by Crippen LogP contribution is -2.27. The number of carboxylic acids is 1. The van der Waals surface area contributed by atoms with Gasteiger partial charge >= 0.3 is 5.97 Å². The third-order valence-corrected chi connectivity index (χ3v) is 8.63. The standard InChI is InChI=1S/C30H40N2O5/c33-27(34)18-22-11-6-10-21(17-22)12-13-23-25-14-15-26(37-25)28(23)30-32-24(19-36-30)29(35)31-16-5-4-9-20-7-2-1-3-8-20/h6,10-11,17,19-20,23,25-26,28H,1-5,7-9,12-16,18H2,(H,31,35)(H,33,34). The summed E-state index contributed by atoms with van der Waals surface area (Å²) in [4.78, 5) is 28.4. The minimum atomic E-state index is -0.818. The van der Waals surface area contributed by atoms with Crippen LogP contribution in [0.4, 0.5) is 0 Å². The van der Waals surface area contributed by atoms with Crippen LogP contribution in [0.5, 0.6) is 0 Å². The van der Waals surface area contributed by atoms with Gasteiger partial charge in [-0.15, -0.1) is 0 Å². The molecule has 2 saturated heterocycles. The van der Waals surface area contributed by atoms with E-state index in [9.17, 15) is 9.59 Å². The molecule has 7 nitrogen and oxygen atoms in total. The van der Waals surface area contributed by atoms with E-state index in [4.69, 9.17) is 14.3 Å². The highest BCUT2D eigenvalue weighted by Gasteiger charge is 2.51. The number of aliphatic carboxylic acids is 1. The van der Waals surface area contributed by atoms with Gasteiger partial charge in [-0.2, -0.15) is 0 Å². The third kappa shape index (κ3) is 6.61. The highest BCUT2D eigenvalue weighted by molar-refractivity contribution is 5.91. The van der Waals surface area contributed by atoms with E-state index in [0.29, 0.717) is 18.1 Å². The molecule has 200 valence electrons. The Kier molecular flexibility index (Phi) is 8.59. The van der Waals surface area contributed by atoms with Crippen LogP contribution in [0.2, 0.25) is 0 Å². The van der Waals surface area contributed by atoms with Crippen molar-refractivity contribution in [2.75, 3.05) is 6.54 Å². The van der Waals surface area contributed by atoms with Crippen LogP contribution in [0, 0.1) is 11.8 Å². The molecule has 2 aliphatic heterocycles. The second kappa shape index (κ2) is 12.2. The van der Waals surface area contributed by atoms with E-state index in [1.54, 1.807) is 0 Å². The van der Waals surface area contributed by atoms with Gasteiger partial charge in [0.15, 0.2) is 5.69 Å². The fraction of sp³-hybridized carbons (Fsp3) is 0.633. The molecule has 5 rings (SSSR count). The van der Waals surface area contributed by atoms with E-state index >= 15 is 0 Å². The van der Waals surface area contributed by atoms with Crippen LogP contribution in [-0.2, 0) is 22.4 Å². The fourth-order valence-corrected chi connectivity index (χ4v) is 6.76. The van der Waals surface area contributed by atoms with Crippen molar-refractivity contribution in [1.82, 2.24) is 10.3 Å². The minimum absolute atomic E-state index is 0.0371. The molecule has 3 heterocycles. The van der Waals surface area contributed by atoms with Crippen LogP contribution in [0.25, 0.3) is 0 Å². The molecule has 37 heavy (non-hydrogen) atoms. The maximum atomic E-state index is 12.7. The van der Waals surface area contributed by atoms with Crippen LogP contribution < -0.4 is 5.32 Å². The fourth-order valence-electron chi connectivity index (χ4n) is 6.76. The van der Waals surface area contributed by atoms with Gasteiger partial charge in [0.2, 0.25) is 5.89 Å². The minimum Gasteiger partial charge on any atom is -0.481 e. The van der Waals surface area contributed by atoms with E-state index in [2.05, 4.69) is 16.4 Å². The number of nitrogens with one attached hydrogen (secondary N) is 1. The van der Waals surface area contributed by atoms with Crippen molar-refractivity contribution in [3.63, 3.8) is 0 Å². The number of hydrogen-bond donors (Lipinski definition) is 2. The Morgan fingerprint density at radius 2 is 1.81 bits per heavy atom. The van der Waals surface area contributed by atoms with Gasteiger partial charge in [-0.25, -0.2) is 4.98 Å². The number of ether oxygens (including phenoxy) is 1. The Bertz CT molecular complexity index is 1060. The highest BCUT2D eigenvalue weighted by atomic mass is 16.5. The van der Waals surface area contributed by atoms with Crippen LogP contribution in [0.3, 0.4) is 0 Å². The van der Waals surface area contributed by atoms with Crippen molar-refractivity contribution in [2.24, 2.45) is 11.8 Å². The summed E-state index contributed by atoms with van der Waals surface area (Å²) in [6.45, 7) is 0.675. The number of rotatable bonds is 12. The normalized spacial score (nSPS) is 25.4. The van der Waals surface area contributed by atoms with E-state index in [-0.39, 0.29) is 36.4 Å². The Labute approximate surface area is 219 Å². The molecule has 4 unspecified atom stereocenters. The number of amides is 1. The first-order valence-electron chi connectivity index (χ1n) is 14.3. The summed E-state index contributed by atoms with van der Waals surface area (Å²) in [5.74, 6) is 0.840. The van der Waals surface area contributed by atoms with E-state index in [0.717, 1.165) is 49.1 Å². The average molecular weight is 509 g/mol. The van der Waals surface area contributed by atoms with Gasteiger partial charge in [0.05, 0.1) is 24.5 Å². The molecule has 1 aromatic carbocycles. The largest absolute Gasteiger partial charge is 0.481 e. The lowest BCUT2D eigenvalue weighted by atomic mass is 9.76. The summed E-state index contributed by atoms with van der Waals surface area (Å²) in [7, 11) is 0. The van der Waals surface area contributed by atoms with E-state index in [1.165, 1.54) is 51.2 Å². The summed E-state index contributed by atoms with van der Waals surface area (Å²) in [5, 5.41) is 12.1. The van der Waals surface area contributed by atoms with Crippen molar-refractivity contribution >= 4 is 11.9 Å². The van der Waals surface area contributed by atoms with Crippen LogP contribution in [-0.4, -0.2) is 40.7 Å². The molecule has 4 atom stereocenters. The van der Waals surface area contributed by atoms with Gasteiger partial charge in [0.1, 0.15) is 6.26 Å². The second-order valence-corrected chi connectivity index (χ2v) is 11.2. The van der Waals surface area contributed by atoms with Crippen molar-refractivity contribution in [3.8, 4) is 0 Å². The van der Waals surface area contributed by atoms with E-state index < -0.39 is 5.97 Å². The van der Waals surface area contributed by atoms with Gasteiger partial charge in [-0.05, 0) is 55.1 Å². The zero-order valence-corrected chi connectivity index (χ0v) is 21.7. The second-order valence-electron chi connectivity index (χ2n) is 11.2. The number of nitrogens with zero attached hydrogens (tertiary/aromatic N) is 1. The summed E-state index contributed by atoms with van der Waals surface area (Å²) in [6, 6.07) is 7.83. The Morgan fingerprint density at radius 1 is 1.00 bits per heavy atom. The molecular formula is C30H40N2O5. The molecule has 1 amide bonds. The number of aromatic nitrogens is 1. The lowest BCUT2D eigenvalue weighted by molar-refractivity contribution is -0.136. The van der Waals surface area contributed by atoms with Crippen molar-refractivity contribution in [3.05, 3.63) is 53.2 Å². The van der Waals surface area contributed by atoms with Gasteiger partial charge in [0.25, 0.3) is 5.91 Å². The molecule has 3 fully saturated rings. The number of aryl methyl sites for hydroxylation is 1. The van der Waals surface area contributed by atoms with Gasteiger partial charge < -0.3 is 19.6 Å². The number of carbonyl (C=O) groups excluding carboxylic acids is 1. The molecule has 2 N–H and O–H groups in total. The maximum Gasteiger partial charge on any atom is 0.307 e. The molecule has 0 radical (unpaired) electrons. The molecule has 7 heteroatoms. The average Bonchev–Trinajstić information content (AvgIpc) is 3.64. The first-order valence-corrected chi connectivity index (χ1v) is 14.3. The number of oxazole rings is 1. The molecule has 2 aromatic rings. The first kappa shape index (κ1) is 26.0. The number of fused-ring (bicyclic) bond motifs is 2. The molecule has 2 bridgehead atoms. The molecular weight excluding hydrogens is 468 g/mol. The SMILES string of the molecule is O=C(O)Cc1cccc(CCC2C3CCC(O3)C2c2nc(C(=O)NCCCCC3CCCCC3)co2)c1. The van der Waals surface area contributed by atoms with Crippen molar-refractivity contribution in [1.29, 1.82) is 0 Å². The van der Waals surface area contributed by atoms with Gasteiger partial charge in [-0.3, -0.25) is 9.59 Å². The zero-order chi connectivity index (χ0) is 25.6. The summed E-state index contributed by atoms with van der Waals surface area (Å²) in [5.41, 5.74) is 2.31. The predicted octanol–water partition coefficient (Wildman–Crippen LogP) is 5.68. The first-order chi connectivity index (χ1) is 18.1. The lowest BCUT2D eigenvalue weighted by Gasteiger charge is -2.25. The molecule has 1 saturated carbocycles. The molecule has 3 aliphatic rings. The molecule has 1 aliphatic carbocycles.